The Morgan fingerprint density at radius 3 is 2.15 bits per heavy atom. The van der Waals surface area contributed by atoms with Gasteiger partial charge in [0.05, 0.1) is 49.2 Å². The molecule has 0 spiro atoms. The number of carbonyl (C=O) groups is 4. The Bertz CT molecular complexity index is 2300. The molecule has 3 aliphatic heterocycles. The number of alkyl carbamates (subject to hydrolysis) is 2. The summed E-state index contributed by atoms with van der Waals surface area (Å²) in [4.78, 5) is 69.6. The third kappa shape index (κ3) is 6.22. The summed E-state index contributed by atoms with van der Waals surface area (Å²) in [5.41, 5.74) is 6.59. The van der Waals surface area contributed by atoms with E-state index in [2.05, 4.69) is 65.4 Å². The van der Waals surface area contributed by atoms with Crippen molar-refractivity contribution in [2.45, 2.75) is 70.3 Å². The first-order valence-electron chi connectivity index (χ1n) is 18.2. The maximum absolute atomic E-state index is 13.2. The van der Waals surface area contributed by atoms with Gasteiger partial charge in [0.15, 0.2) is 0 Å². The van der Waals surface area contributed by atoms with E-state index in [0.717, 1.165) is 81.2 Å². The van der Waals surface area contributed by atoms with Gasteiger partial charge in [-0.05, 0) is 85.9 Å². The first-order chi connectivity index (χ1) is 26.1. The topological polar surface area (TPSA) is 184 Å². The second-order valence-corrected chi connectivity index (χ2v) is 14.2. The molecule has 3 aromatic carbocycles. The van der Waals surface area contributed by atoms with E-state index in [0.29, 0.717) is 18.3 Å². The summed E-state index contributed by atoms with van der Waals surface area (Å²) < 4.78 is 15.6. The lowest BCUT2D eigenvalue weighted by molar-refractivity contribution is -0.133. The van der Waals surface area contributed by atoms with Crippen LogP contribution < -0.4 is 15.4 Å². The van der Waals surface area contributed by atoms with Crippen LogP contribution in [0.15, 0.2) is 48.7 Å². The van der Waals surface area contributed by atoms with Crippen molar-refractivity contribution in [2.75, 3.05) is 27.3 Å². The number of nitrogens with one attached hydrogen (secondary N) is 4. The second kappa shape index (κ2) is 14.0. The molecule has 0 radical (unpaired) electrons. The van der Waals surface area contributed by atoms with E-state index in [1.807, 2.05) is 26.0 Å². The van der Waals surface area contributed by atoms with Crippen molar-refractivity contribution in [2.24, 2.45) is 0 Å². The average Bonchev–Trinajstić information content (AvgIpc) is 4.00. The molecule has 5 heterocycles. The highest BCUT2D eigenvalue weighted by Gasteiger charge is 2.38. The highest BCUT2D eigenvalue weighted by molar-refractivity contribution is 6.07. The van der Waals surface area contributed by atoms with Gasteiger partial charge in [0.2, 0.25) is 11.8 Å². The number of fused-ring (bicyclic) bond motifs is 6. The van der Waals surface area contributed by atoms with Crippen molar-refractivity contribution in [1.29, 1.82) is 0 Å². The van der Waals surface area contributed by atoms with E-state index in [9.17, 15) is 19.2 Å². The molecule has 54 heavy (non-hydrogen) atoms. The molecule has 4 amide bonds. The van der Waals surface area contributed by atoms with Crippen LogP contribution >= 0.6 is 0 Å². The Morgan fingerprint density at radius 1 is 0.815 bits per heavy atom. The van der Waals surface area contributed by atoms with Gasteiger partial charge in [-0.1, -0.05) is 18.2 Å². The van der Waals surface area contributed by atoms with Gasteiger partial charge in [0.1, 0.15) is 37.1 Å². The summed E-state index contributed by atoms with van der Waals surface area (Å²) in [5.74, 6) is 1.81. The van der Waals surface area contributed by atoms with Gasteiger partial charge in [-0.15, -0.1) is 0 Å². The molecule has 8 rings (SSSR count). The second-order valence-electron chi connectivity index (χ2n) is 14.2. The number of benzene rings is 3. The molecule has 2 fully saturated rings. The van der Waals surface area contributed by atoms with Gasteiger partial charge in [0, 0.05) is 23.0 Å². The van der Waals surface area contributed by atoms with E-state index in [-0.39, 0.29) is 49.1 Å². The van der Waals surface area contributed by atoms with E-state index in [4.69, 9.17) is 9.72 Å². The highest BCUT2D eigenvalue weighted by Crippen LogP contribution is 2.44. The molecule has 2 aromatic heterocycles. The molecule has 0 bridgehead atoms. The molecule has 5 aromatic rings. The normalized spacial score (nSPS) is 20.4. The van der Waals surface area contributed by atoms with Gasteiger partial charge < -0.3 is 44.6 Å². The summed E-state index contributed by atoms with van der Waals surface area (Å²) in [6.07, 6.45) is 3.69. The lowest BCUT2D eigenvalue weighted by Crippen LogP contribution is -2.43. The third-order valence-corrected chi connectivity index (χ3v) is 11.0. The molecule has 2 saturated heterocycles. The zero-order valence-electron chi connectivity index (χ0n) is 30.5. The largest absolute Gasteiger partial charge is 0.488 e. The number of hydrogen-bond acceptors (Lipinski definition) is 9. The van der Waals surface area contributed by atoms with Gasteiger partial charge in [0.25, 0.3) is 0 Å². The Morgan fingerprint density at radius 2 is 1.48 bits per heavy atom. The summed E-state index contributed by atoms with van der Waals surface area (Å²) >= 11 is 0. The van der Waals surface area contributed by atoms with E-state index >= 15 is 0 Å². The Labute approximate surface area is 310 Å². The zero-order chi connectivity index (χ0) is 37.7. The maximum atomic E-state index is 13.2. The molecule has 0 aliphatic carbocycles. The number of carbonyl (C=O) groups excluding carboxylic acids is 4. The Hall–Kier alpha value is -6.12. The van der Waals surface area contributed by atoms with Crippen molar-refractivity contribution < 1.29 is 33.4 Å². The number of aromatic amines is 2. The van der Waals surface area contributed by atoms with Crippen molar-refractivity contribution in [3.63, 3.8) is 0 Å². The number of H-pyrrole nitrogens is 2. The van der Waals surface area contributed by atoms with Gasteiger partial charge in [-0.25, -0.2) is 19.6 Å². The number of hydrogen-bond donors (Lipinski definition) is 4. The molecule has 0 unspecified atom stereocenters. The van der Waals surface area contributed by atoms with Crippen LogP contribution in [0.5, 0.6) is 5.75 Å². The molecular weight excluding hydrogens is 692 g/mol. The van der Waals surface area contributed by atoms with Crippen LogP contribution in [0.4, 0.5) is 9.59 Å². The number of rotatable bonds is 7. The minimum atomic E-state index is -0.645. The van der Waals surface area contributed by atoms with Crippen molar-refractivity contribution in [1.82, 2.24) is 40.4 Å². The lowest BCUT2D eigenvalue weighted by Gasteiger charge is -2.27. The number of nitrogens with zero attached hydrogens (tertiary/aromatic N) is 4. The van der Waals surface area contributed by atoms with Crippen LogP contribution in [0.1, 0.15) is 68.8 Å². The Balaban J connectivity index is 1.04. The van der Waals surface area contributed by atoms with Crippen LogP contribution in [0.2, 0.25) is 0 Å². The van der Waals surface area contributed by atoms with E-state index < -0.39 is 12.2 Å². The van der Waals surface area contributed by atoms with Crippen LogP contribution in [-0.2, 0) is 25.7 Å². The van der Waals surface area contributed by atoms with Crippen LogP contribution in [0.25, 0.3) is 44.2 Å². The standard InChI is InChI=1S/C39H42N8O7/c1-20-5-11-30(46(20)33(48)17-41-38(50)52-3)36-40-16-29(44-36)23-7-9-25-24(13-23)19-54-32-15-26-22(14-27(25)32)8-10-28-35(26)45-37(43-28)31-12-6-21(2)47(31)34(49)18-42-39(51)53-4/h7-10,13-16,20-21,30-31H,5-6,11-12,17-19H2,1-4H3,(H,40,44)(H,41,50)(H,42,51)(H,43,45)/t20-,21-,30-,31-/m0/s1. The summed E-state index contributed by atoms with van der Waals surface area (Å²) in [5, 5.41) is 6.95. The van der Waals surface area contributed by atoms with E-state index in [1.165, 1.54) is 14.2 Å². The minimum Gasteiger partial charge on any atom is -0.488 e. The van der Waals surface area contributed by atoms with Gasteiger partial charge in [-0.2, -0.15) is 0 Å². The molecule has 280 valence electrons. The van der Waals surface area contributed by atoms with Gasteiger partial charge >= 0.3 is 12.2 Å². The average molecular weight is 735 g/mol. The molecule has 3 aliphatic rings. The smallest absolute Gasteiger partial charge is 0.407 e. The fourth-order valence-electron chi connectivity index (χ4n) is 8.25. The first kappa shape index (κ1) is 34.9. The van der Waals surface area contributed by atoms with Gasteiger partial charge in [-0.3, -0.25) is 9.59 Å². The monoisotopic (exact) mass is 734 g/mol. The number of aromatic nitrogens is 4. The fourth-order valence-corrected chi connectivity index (χ4v) is 8.25. The maximum Gasteiger partial charge on any atom is 0.407 e. The number of amides is 4. The minimum absolute atomic E-state index is 0.00327. The number of imidazole rings is 2. The predicted molar refractivity (Wildman–Crippen MR) is 198 cm³/mol. The SMILES string of the molecule is COC(=O)NCC(=O)N1[C@@H](C)CC[C@H]1c1ncc(-c2ccc3c(c2)COc2cc4c(ccc5[nH]c([C@@H]6CC[C@H](C)N6C(=O)CNC(=O)OC)nc54)cc2-3)[nH]1. The fraction of sp³-hybridized carbons (Fsp3) is 0.385. The van der Waals surface area contributed by atoms with Crippen LogP contribution in [0, 0.1) is 0 Å². The quantitative estimate of drug-likeness (QED) is 0.168. The summed E-state index contributed by atoms with van der Waals surface area (Å²) in [6.45, 7) is 4.11. The number of methoxy groups -OCH3 is 2. The molecule has 15 nitrogen and oxygen atoms in total. The van der Waals surface area contributed by atoms with Crippen LogP contribution in [0.3, 0.4) is 0 Å². The van der Waals surface area contributed by atoms with E-state index in [1.54, 1.807) is 16.0 Å². The van der Waals surface area contributed by atoms with Crippen molar-refractivity contribution >= 4 is 45.8 Å². The Kier molecular flexibility index (Phi) is 9.07. The predicted octanol–water partition coefficient (Wildman–Crippen LogP) is 5.48. The number of likely N-dealkylation sites (tertiary alicyclic amines) is 2. The zero-order valence-corrected chi connectivity index (χ0v) is 30.5. The first-order valence-corrected chi connectivity index (χ1v) is 18.2. The summed E-state index contributed by atoms with van der Waals surface area (Å²) in [6, 6.07) is 14.1. The molecular formula is C39H42N8O7. The lowest BCUT2D eigenvalue weighted by atomic mass is 9.92. The molecule has 15 heteroatoms. The highest BCUT2D eigenvalue weighted by atomic mass is 16.5. The molecule has 4 atom stereocenters. The van der Waals surface area contributed by atoms with Crippen LogP contribution in [-0.4, -0.2) is 93.1 Å². The number of ether oxygens (including phenoxy) is 3. The molecule has 4 N–H and O–H groups in total. The van der Waals surface area contributed by atoms with Crippen molar-refractivity contribution in [3.05, 3.63) is 65.9 Å². The molecule has 0 saturated carbocycles. The summed E-state index contributed by atoms with van der Waals surface area (Å²) in [7, 11) is 2.53. The third-order valence-electron chi connectivity index (χ3n) is 11.0. The van der Waals surface area contributed by atoms with Crippen molar-refractivity contribution in [3.8, 4) is 28.1 Å².